The van der Waals surface area contributed by atoms with Crippen LogP contribution in [0.5, 0.6) is 0 Å². The van der Waals surface area contributed by atoms with Gasteiger partial charge in [-0.1, -0.05) is 43.2 Å². The molecule has 2 aromatic rings. The van der Waals surface area contributed by atoms with Crippen LogP contribution in [0.4, 0.5) is 5.69 Å². The number of anilines is 1. The minimum absolute atomic E-state index is 0.296. The molecule has 0 atom stereocenters. The van der Waals surface area contributed by atoms with Gasteiger partial charge in [0.2, 0.25) is 12.3 Å². The molecule has 0 aliphatic heterocycles. The number of benzene rings is 1. The minimum atomic E-state index is -0.296. The van der Waals surface area contributed by atoms with Crippen molar-refractivity contribution < 1.29 is 9.36 Å². The molecule has 1 saturated carbocycles. The Morgan fingerprint density at radius 1 is 1.05 bits per heavy atom. The number of carbonyl (C=O) groups excluding carboxylic acids is 1. The Morgan fingerprint density at radius 3 is 2.29 bits per heavy atom. The first-order valence-corrected chi connectivity index (χ1v) is 7.54. The maximum absolute atomic E-state index is 13.0. The summed E-state index contributed by atoms with van der Waals surface area (Å²) in [6.07, 6.45) is 7.94. The van der Waals surface area contributed by atoms with Crippen molar-refractivity contribution in [2.45, 2.75) is 37.6 Å². The number of pyridine rings is 1. The number of rotatable bonds is 4. The molecule has 1 aliphatic rings. The largest absolute Gasteiger partial charge is 0.398 e. The topological polar surface area (TPSA) is 47.0 Å². The van der Waals surface area contributed by atoms with E-state index in [1.54, 1.807) is 0 Å². The lowest BCUT2D eigenvalue weighted by Gasteiger charge is -2.26. The molecule has 2 N–H and O–H groups in total. The summed E-state index contributed by atoms with van der Waals surface area (Å²) in [7, 11) is 0. The Hall–Kier alpha value is -2.16. The van der Waals surface area contributed by atoms with E-state index in [4.69, 9.17) is 5.73 Å². The van der Waals surface area contributed by atoms with Crippen molar-refractivity contribution in [3.8, 4) is 0 Å². The SMILES string of the molecule is Nc1cc[n+](CC(=O)C2(c3ccccc3)CCCC2)cc1. The highest BCUT2D eigenvalue weighted by Gasteiger charge is 2.43. The molecule has 3 rings (SSSR count). The highest BCUT2D eigenvalue weighted by Crippen LogP contribution is 2.41. The first-order chi connectivity index (χ1) is 10.2. The second kappa shape index (κ2) is 5.68. The van der Waals surface area contributed by atoms with E-state index in [1.165, 1.54) is 5.56 Å². The van der Waals surface area contributed by atoms with Crippen LogP contribution < -0.4 is 10.3 Å². The van der Waals surface area contributed by atoms with E-state index < -0.39 is 0 Å². The lowest BCUT2D eigenvalue weighted by atomic mass is 9.75. The Morgan fingerprint density at radius 2 is 1.67 bits per heavy atom. The van der Waals surface area contributed by atoms with Crippen LogP contribution >= 0.6 is 0 Å². The van der Waals surface area contributed by atoms with Crippen LogP contribution in [-0.4, -0.2) is 5.78 Å². The van der Waals surface area contributed by atoms with E-state index in [0.717, 1.165) is 31.4 Å². The van der Waals surface area contributed by atoms with Gasteiger partial charge in [0, 0.05) is 17.8 Å². The van der Waals surface area contributed by atoms with E-state index in [0.29, 0.717) is 12.3 Å². The van der Waals surface area contributed by atoms with E-state index in [9.17, 15) is 4.79 Å². The Bertz CT molecular complexity index is 613. The maximum atomic E-state index is 13.0. The lowest BCUT2D eigenvalue weighted by molar-refractivity contribution is -0.684. The van der Waals surface area contributed by atoms with Crippen molar-refractivity contribution in [3.63, 3.8) is 0 Å². The normalized spacial score (nSPS) is 16.8. The molecule has 3 heteroatoms. The molecule has 0 radical (unpaired) electrons. The molecule has 21 heavy (non-hydrogen) atoms. The Labute approximate surface area is 125 Å². The van der Waals surface area contributed by atoms with Crippen LogP contribution in [0.2, 0.25) is 0 Å². The number of aromatic nitrogens is 1. The third-order valence-corrected chi connectivity index (χ3v) is 4.56. The predicted octanol–water partition coefficient (Wildman–Crippen LogP) is 2.64. The number of nitrogens with zero attached hydrogens (tertiary/aromatic N) is 1. The zero-order chi connectivity index (χ0) is 14.7. The summed E-state index contributed by atoms with van der Waals surface area (Å²) in [5.74, 6) is 0.306. The molecule has 0 saturated heterocycles. The van der Waals surface area contributed by atoms with Crippen molar-refractivity contribution in [2.75, 3.05) is 5.73 Å². The van der Waals surface area contributed by atoms with Gasteiger partial charge >= 0.3 is 0 Å². The molecule has 108 valence electrons. The summed E-state index contributed by atoms with van der Waals surface area (Å²) >= 11 is 0. The summed E-state index contributed by atoms with van der Waals surface area (Å²) in [5, 5.41) is 0. The number of Topliss-reactive ketones (excluding diaryl/α,β-unsaturated/α-hetero) is 1. The third-order valence-electron chi connectivity index (χ3n) is 4.56. The van der Waals surface area contributed by atoms with Gasteiger partial charge in [-0.15, -0.1) is 0 Å². The van der Waals surface area contributed by atoms with Crippen molar-refractivity contribution in [1.29, 1.82) is 0 Å². The molecular weight excluding hydrogens is 260 g/mol. The van der Waals surface area contributed by atoms with Crippen molar-refractivity contribution in [2.24, 2.45) is 0 Å². The number of nitrogen functional groups attached to an aromatic ring is 1. The maximum Gasteiger partial charge on any atom is 0.207 e. The van der Waals surface area contributed by atoms with Crippen LogP contribution in [-0.2, 0) is 16.8 Å². The fourth-order valence-corrected chi connectivity index (χ4v) is 3.36. The van der Waals surface area contributed by atoms with Gasteiger partial charge in [-0.05, 0) is 18.4 Å². The average Bonchev–Trinajstić information content (AvgIpc) is 3.01. The van der Waals surface area contributed by atoms with Crippen LogP contribution in [0.15, 0.2) is 54.9 Å². The van der Waals surface area contributed by atoms with E-state index in [1.807, 2.05) is 47.3 Å². The van der Waals surface area contributed by atoms with Gasteiger partial charge in [0.1, 0.15) is 0 Å². The van der Waals surface area contributed by atoms with Crippen molar-refractivity contribution >= 4 is 11.5 Å². The molecule has 0 unspecified atom stereocenters. The summed E-state index contributed by atoms with van der Waals surface area (Å²) in [4.78, 5) is 13.0. The van der Waals surface area contributed by atoms with Crippen LogP contribution in [0.3, 0.4) is 0 Å². The fourth-order valence-electron chi connectivity index (χ4n) is 3.36. The molecule has 1 aromatic carbocycles. The predicted molar refractivity (Wildman–Crippen MR) is 82.6 cm³/mol. The van der Waals surface area contributed by atoms with E-state index in [-0.39, 0.29) is 5.41 Å². The van der Waals surface area contributed by atoms with Gasteiger partial charge in [-0.3, -0.25) is 4.79 Å². The van der Waals surface area contributed by atoms with Crippen LogP contribution in [0, 0.1) is 0 Å². The minimum Gasteiger partial charge on any atom is -0.398 e. The second-order valence-electron chi connectivity index (χ2n) is 5.88. The summed E-state index contributed by atoms with van der Waals surface area (Å²) in [6.45, 7) is 0.412. The number of ketones is 1. The molecule has 0 spiro atoms. The zero-order valence-corrected chi connectivity index (χ0v) is 12.2. The molecule has 1 aromatic heterocycles. The quantitative estimate of drug-likeness (QED) is 0.876. The fraction of sp³-hybridized carbons (Fsp3) is 0.333. The average molecular weight is 281 g/mol. The van der Waals surface area contributed by atoms with Crippen molar-refractivity contribution in [1.82, 2.24) is 0 Å². The molecule has 1 aliphatic carbocycles. The van der Waals surface area contributed by atoms with Gasteiger partial charge < -0.3 is 5.73 Å². The molecule has 1 heterocycles. The van der Waals surface area contributed by atoms with Crippen LogP contribution in [0.25, 0.3) is 0 Å². The van der Waals surface area contributed by atoms with Gasteiger partial charge in [-0.2, -0.15) is 4.57 Å². The summed E-state index contributed by atoms with van der Waals surface area (Å²) in [6, 6.07) is 13.9. The Kier molecular flexibility index (Phi) is 3.74. The second-order valence-corrected chi connectivity index (χ2v) is 5.88. The molecule has 3 nitrogen and oxygen atoms in total. The first-order valence-electron chi connectivity index (χ1n) is 7.54. The highest BCUT2D eigenvalue weighted by molar-refractivity contribution is 5.89. The molecule has 0 bridgehead atoms. The zero-order valence-electron chi connectivity index (χ0n) is 12.2. The number of carbonyl (C=O) groups is 1. The number of nitrogens with two attached hydrogens (primary N) is 1. The molecule has 1 fully saturated rings. The van der Waals surface area contributed by atoms with Gasteiger partial charge in [-0.25, -0.2) is 0 Å². The molecule has 0 amide bonds. The standard InChI is InChI=1S/C18H20N2O/c19-16-8-12-20(13-9-16)14-17(21)18(10-4-5-11-18)15-6-2-1-3-7-15/h1-3,6-9,12-13,19H,4-5,10-11,14H2/p+1. The Balaban J connectivity index is 1.87. The van der Waals surface area contributed by atoms with Gasteiger partial charge in [0.05, 0.1) is 5.41 Å². The van der Waals surface area contributed by atoms with Crippen LogP contribution in [0.1, 0.15) is 31.2 Å². The smallest absolute Gasteiger partial charge is 0.207 e. The number of hydrogen-bond donors (Lipinski definition) is 1. The van der Waals surface area contributed by atoms with Crippen molar-refractivity contribution in [3.05, 3.63) is 60.4 Å². The first kappa shape index (κ1) is 13.8. The van der Waals surface area contributed by atoms with E-state index >= 15 is 0 Å². The lowest BCUT2D eigenvalue weighted by Crippen LogP contribution is -2.45. The monoisotopic (exact) mass is 281 g/mol. The summed E-state index contributed by atoms with van der Waals surface area (Å²) in [5.41, 5.74) is 7.29. The molecular formula is C18H21N2O+. The number of hydrogen-bond acceptors (Lipinski definition) is 2. The highest BCUT2D eigenvalue weighted by atomic mass is 16.1. The third kappa shape index (κ3) is 2.68. The van der Waals surface area contributed by atoms with Gasteiger partial charge in [0.25, 0.3) is 0 Å². The van der Waals surface area contributed by atoms with Gasteiger partial charge in [0.15, 0.2) is 12.4 Å². The van der Waals surface area contributed by atoms with E-state index in [2.05, 4.69) is 12.1 Å². The summed E-state index contributed by atoms with van der Waals surface area (Å²) < 4.78 is 1.92.